The first-order chi connectivity index (χ1) is 15.8. The quantitative estimate of drug-likeness (QED) is 0.340. The third-order valence-electron chi connectivity index (χ3n) is 4.86. The summed E-state index contributed by atoms with van der Waals surface area (Å²) in [5.41, 5.74) is 0.457. The summed E-state index contributed by atoms with van der Waals surface area (Å²) in [5, 5.41) is 14.2. The van der Waals surface area contributed by atoms with Gasteiger partial charge in [0.25, 0.3) is 5.91 Å². The van der Waals surface area contributed by atoms with Gasteiger partial charge in [0, 0.05) is 19.3 Å². The van der Waals surface area contributed by atoms with E-state index in [1.165, 1.54) is 31.3 Å². The number of carbonyl (C=O) groups is 4. The van der Waals surface area contributed by atoms with E-state index in [0.717, 1.165) is 0 Å². The van der Waals surface area contributed by atoms with Crippen LogP contribution in [0.25, 0.3) is 0 Å². The van der Waals surface area contributed by atoms with Gasteiger partial charge in [-0.2, -0.15) is 0 Å². The predicted octanol–water partition coefficient (Wildman–Crippen LogP) is -0.658. The number of carboxylic acid groups (broad SMARTS) is 1. The Kier molecular flexibility index (Phi) is 9.67. The van der Waals surface area contributed by atoms with Crippen molar-refractivity contribution in [2.45, 2.75) is 18.5 Å². The van der Waals surface area contributed by atoms with Crippen LogP contribution in [0.2, 0.25) is 0 Å². The number of ether oxygens (including phenoxy) is 2. The van der Waals surface area contributed by atoms with Crippen molar-refractivity contribution in [1.82, 2.24) is 15.5 Å². The number of methoxy groups -OCH3 is 1. The standard InChI is InChI=1S/C23H23N3O7.Na.H/c1-26-11-10-17(27)21(22(26)30)25-23(31)24-16(13-20(28)29)14-6-5-7-15(12-14)33-19-9-4-3-8-18(19)32-2;;/h3-12,16,21H,13H2,1-2H3,(H,28,29)(H2,24,25,31);;/q;+1;-1/t16-,21?;;/m0../s1. The number of hydrogen-bond donors (Lipinski definition) is 3. The third-order valence-corrected chi connectivity index (χ3v) is 4.86. The zero-order chi connectivity index (χ0) is 24.0. The number of carboxylic acids is 1. The second-order valence-electron chi connectivity index (χ2n) is 7.19. The molecular formula is C23H24N3NaO7. The molecule has 3 rings (SSSR count). The summed E-state index contributed by atoms with van der Waals surface area (Å²) < 4.78 is 11.1. The fourth-order valence-corrected chi connectivity index (χ4v) is 3.20. The first-order valence-electron chi connectivity index (χ1n) is 9.97. The molecule has 11 heteroatoms. The smallest absolute Gasteiger partial charge is 1.00 e. The molecule has 1 unspecified atom stereocenters. The Hall–Kier alpha value is -3.34. The van der Waals surface area contributed by atoms with E-state index in [9.17, 15) is 24.3 Å². The van der Waals surface area contributed by atoms with E-state index in [2.05, 4.69) is 10.6 Å². The van der Waals surface area contributed by atoms with E-state index in [0.29, 0.717) is 22.8 Å². The summed E-state index contributed by atoms with van der Waals surface area (Å²) in [6, 6.07) is 10.4. The molecule has 2 aromatic carbocycles. The van der Waals surface area contributed by atoms with Gasteiger partial charge < -0.3 is 31.5 Å². The molecule has 0 aliphatic carbocycles. The number of ketones is 1. The summed E-state index contributed by atoms with van der Waals surface area (Å²) in [4.78, 5) is 49.3. The summed E-state index contributed by atoms with van der Waals surface area (Å²) in [6.07, 6.45) is 2.05. The van der Waals surface area contributed by atoms with Crippen LogP contribution in [0.1, 0.15) is 19.5 Å². The van der Waals surface area contributed by atoms with Gasteiger partial charge in [0.2, 0.25) is 0 Å². The number of aliphatic carboxylic acids is 1. The monoisotopic (exact) mass is 477 g/mol. The first-order valence-corrected chi connectivity index (χ1v) is 9.97. The van der Waals surface area contributed by atoms with Crippen molar-refractivity contribution in [3.05, 3.63) is 66.4 Å². The van der Waals surface area contributed by atoms with Crippen LogP contribution in [0.3, 0.4) is 0 Å². The van der Waals surface area contributed by atoms with E-state index in [4.69, 9.17) is 9.47 Å². The zero-order valence-electron chi connectivity index (χ0n) is 20.0. The number of urea groups is 1. The Labute approximate surface area is 219 Å². The second-order valence-corrected chi connectivity index (χ2v) is 7.19. The third kappa shape index (κ3) is 6.83. The molecule has 1 aliphatic rings. The van der Waals surface area contributed by atoms with Crippen LogP contribution < -0.4 is 49.7 Å². The molecule has 1 heterocycles. The van der Waals surface area contributed by atoms with Crippen molar-refractivity contribution in [3.8, 4) is 17.2 Å². The molecule has 0 bridgehead atoms. The Morgan fingerprint density at radius 3 is 2.53 bits per heavy atom. The van der Waals surface area contributed by atoms with E-state index in [1.54, 1.807) is 48.5 Å². The summed E-state index contributed by atoms with van der Waals surface area (Å²) >= 11 is 0. The molecule has 0 spiro atoms. The van der Waals surface area contributed by atoms with Gasteiger partial charge in [0.05, 0.1) is 19.6 Å². The van der Waals surface area contributed by atoms with Gasteiger partial charge in [-0.1, -0.05) is 24.3 Å². The van der Waals surface area contributed by atoms with E-state index >= 15 is 0 Å². The number of carbonyl (C=O) groups excluding carboxylic acids is 3. The Morgan fingerprint density at radius 1 is 1.15 bits per heavy atom. The molecule has 0 fully saturated rings. The maximum Gasteiger partial charge on any atom is 1.00 e. The summed E-state index contributed by atoms with van der Waals surface area (Å²) in [7, 11) is 2.97. The van der Waals surface area contributed by atoms with Crippen molar-refractivity contribution >= 4 is 23.7 Å². The summed E-state index contributed by atoms with van der Waals surface area (Å²) in [5.74, 6) is -0.940. The maximum absolute atomic E-state index is 12.5. The van der Waals surface area contributed by atoms with Crippen LogP contribution in [0, 0.1) is 0 Å². The second kappa shape index (κ2) is 12.2. The molecule has 0 saturated carbocycles. The number of likely N-dealkylation sites (N-methyl/N-ethyl adjacent to an activating group) is 1. The molecule has 3 N–H and O–H groups in total. The molecule has 174 valence electrons. The molecule has 0 radical (unpaired) electrons. The van der Waals surface area contributed by atoms with Crippen LogP contribution in [0.4, 0.5) is 4.79 Å². The Balaban J connectivity index is 0.00000306. The molecule has 2 aromatic rings. The number of amides is 3. The summed E-state index contributed by atoms with van der Waals surface area (Å²) in [6.45, 7) is 0. The van der Waals surface area contributed by atoms with Crippen molar-refractivity contribution < 1.29 is 64.7 Å². The minimum absolute atomic E-state index is 0. The van der Waals surface area contributed by atoms with Gasteiger partial charge in [-0.25, -0.2) is 4.79 Å². The average molecular weight is 477 g/mol. The Morgan fingerprint density at radius 2 is 1.85 bits per heavy atom. The number of benzene rings is 2. The number of para-hydroxylation sites is 2. The predicted molar refractivity (Wildman–Crippen MR) is 118 cm³/mol. The van der Waals surface area contributed by atoms with Gasteiger partial charge in [-0.05, 0) is 29.8 Å². The normalized spacial score (nSPS) is 15.7. The molecule has 0 aromatic heterocycles. The fourth-order valence-electron chi connectivity index (χ4n) is 3.20. The van der Waals surface area contributed by atoms with Crippen molar-refractivity contribution in [3.63, 3.8) is 0 Å². The molecule has 34 heavy (non-hydrogen) atoms. The SMILES string of the molecule is COc1ccccc1Oc1cccc([C@H](CC(=O)O)NC(=O)NC2C(=O)C=CN(C)C2=O)c1.[H-].[Na+]. The van der Waals surface area contributed by atoms with E-state index in [-0.39, 0.29) is 31.0 Å². The molecule has 10 nitrogen and oxygen atoms in total. The van der Waals surface area contributed by atoms with Crippen molar-refractivity contribution in [1.29, 1.82) is 0 Å². The van der Waals surface area contributed by atoms with Gasteiger partial charge in [-0.3, -0.25) is 14.4 Å². The topological polar surface area (TPSA) is 134 Å². The minimum Gasteiger partial charge on any atom is -1.00 e. The van der Waals surface area contributed by atoms with Crippen LogP contribution >= 0.6 is 0 Å². The largest absolute Gasteiger partial charge is 1.00 e. The molecular weight excluding hydrogens is 453 g/mol. The molecule has 2 atom stereocenters. The first kappa shape index (κ1) is 26.9. The van der Waals surface area contributed by atoms with E-state index < -0.39 is 42.2 Å². The van der Waals surface area contributed by atoms with Crippen LogP contribution in [0.15, 0.2) is 60.8 Å². The maximum atomic E-state index is 12.5. The fraction of sp³-hybridized carbons (Fsp3) is 0.217. The Bertz CT molecular complexity index is 1110. The van der Waals surface area contributed by atoms with Crippen LogP contribution in [0.5, 0.6) is 17.2 Å². The van der Waals surface area contributed by atoms with E-state index in [1.807, 2.05) is 0 Å². The molecule has 1 aliphatic heterocycles. The van der Waals surface area contributed by atoms with Crippen molar-refractivity contribution in [2.75, 3.05) is 14.2 Å². The van der Waals surface area contributed by atoms with Gasteiger partial charge in [0.1, 0.15) is 5.75 Å². The van der Waals surface area contributed by atoms with Crippen LogP contribution in [-0.2, 0) is 14.4 Å². The molecule has 3 amide bonds. The number of rotatable bonds is 8. The number of nitrogens with one attached hydrogen (secondary N) is 2. The zero-order valence-corrected chi connectivity index (χ0v) is 21.0. The number of hydrogen-bond acceptors (Lipinski definition) is 6. The van der Waals surface area contributed by atoms with Gasteiger partial charge >= 0.3 is 41.6 Å². The molecule has 0 saturated heterocycles. The minimum atomic E-state index is -1.38. The number of nitrogens with zero attached hydrogens (tertiary/aromatic N) is 1. The average Bonchev–Trinajstić information content (AvgIpc) is 2.79. The van der Waals surface area contributed by atoms with Crippen molar-refractivity contribution in [2.24, 2.45) is 0 Å². The van der Waals surface area contributed by atoms with Gasteiger partial charge in [-0.15, -0.1) is 0 Å². The van der Waals surface area contributed by atoms with Gasteiger partial charge in [0.15, 0.2) is 23.3 Å². The van der Waals surface area contributed by atoms with Crippen LogP contribution in [-0.4, -0.2) is 53.9 Å².